The van der Waals surface area contributed by atoms with Crippen LogP contribution in [0.25, 0.3) is 0 Å². The zero-order valence-corrected chi connectivity index (χ0v) is 9.38. The average Bonchev–Trinajstić information content (AvgIpc) is 2.50. The highest BCUT2D eigenvalue weighted by Gasteiger charge is 2.08. The van der Waals surface area contributed by atoms with Crippen molar-refractivity contribution in [1.29, 1.82) is 0 Å². The minimum absolute atomic E-state index is 0.779. The van der Waals surface area contributed by atoms with Crippen LogP contribution in [-0.4, -0.2) is 13.2 Å². The second kappa shape index (κ2) is 5.17. The smallest absolute Gasteiger partial charge is 0.123 e. The van der Waals surface area contributed by atoms with Crippen LogP contribution in [0, 0.1) is 0 Å². The zero-order chi connectivity index (χ0) is 10.5. The first-order valence-electron chi connectivity index (χ1n) is 5.85. The van der Waals surface area contributed by atoms with Gasteiger partial charge in [-0.2, -0.15) is 0 Å². The molecule has 1 aliphatic heterocycles. The third-order valence-electron chi connectivity index (χ3n) is 2.80. The Hall–Kier alpha value is -1.02. The van der Waals surface area contributed by atoms with Crippen molar-refractivity contribution < 1.29 is 4.74 Å². The van der Waals surface area contributed by atoms with Crippen LogP contribution in [0.4, 0.5) is 0 Å². The van der Waals surface area contributed by atoms with Gasteiger partial charge >= 0.3 is 0 Å². The molecule has 82 valence electrons. The van der Waals surface area contributed by atoms with Gasteiger partial charge in [0.1, 0.15) is 12.4 Å². The first-order valence-corrected chi connectivity index (χ1v) is 5.85. The normalized spacial score (nSPS) is 15.3. The minimum atomic E-state index is 0.779. The highest BCUT2D eigenvalue weighted by molar-refractivity contribution is 5.37. The van der Waals surface area contributed by atoms with E-state index in [1.165, 1.54) is 30.4 Å². The van der Waals surface area contributed by atoms with E-state index in [1.54, 1.807) is 0 Å². The molecule has 15 heavy (non-hydrogen) atoms. The fourth-order valence-electron chi connectivity index (χ4n) is 1.90. The Balaban J connectivity index is 2.13. The molecule has 0 radical (unpaired) electrons. The molecule has 2 rings (SSSR count). The van der Waals surface area contributed by atoms with Gasteiger partial charge in [0.2, 0.25) is 0 Å². The molecule has 1 aromatic rings. The van der Waals surface area contributed by atoms with Crippen molar-refractivity contribution in [2.24, 2.45) is 0 Å². The molecule has 1 aromatic carbocycles. The number of rotatable bonds is 3. The van der Waals surface area contributed by atoms with Crippen molar-refractivity contribution in [3.63, 3.8) is 0 Å². The van der Waals surface area contributed by atoms with Gasteiger partial charge in [-0.3, -0.25) is 0 Å². The Morgan fingerprint density at radius 2 is 2.33 bits per heavy atom. The van der Waals surface area contributed by atoms with Crippen LogP contribution >= 0.6 is 0 Å². The summed E-state index contributed by atoms with van der Waals surface area (Å²) in [7, 11) is 0. The van der Waals surface area contributed by atoms with Crippen molar-refractivity contribution in [2.45, 2.75) is 32.7 Å². The number of hydrogen-bond acceptors (Lipinski definition) is 2. The lowest BCUT2D eigenvalue weighted by Crippen LogP contribution is -2.16. The molecule has 0 aliphatic carbocycles. The van der Waals surface area contributed by atoms with Crippen LogP contribution in [0.3, 0.4) is 0 Å². The van der Waals surface area contributed by atoms with Crippen LogP contribution in [0.5, 0.6) is 5.75 Å². The van der Waals surface area contributed by atoms with E-state index in [9.17, 15) is 0 Å². The molecule has 0 saturated heterocycles. The van der Waals surface area contributed by atoms with Gasteiger partial charge < -0.3 is 10.1 Å². The first kappa shape index (κ1) is 10.5. The number of aryl methyl sites for hydroxylation is 1. The molecule has 1 heterocycles. The summed E-state index contributed by atoms with van der Waals surface area (Å²) in [6.45, 7) is 4.89. The van der Waals surface area contributed by atoms with Gasteiger partial charge in [0.15, 0.2) is 0 Å². The second-order valence-electron chi connectivity index (χ2n) is 4.07. The number of fused-ring (bicyclic) bond motifs is 1. The number of nitrogens with one attached hydrogen (secondary N) is 1. The Bertz CT molecular complexity index is 322. The molecule has 0 spiro atoms. The third kappa shape index (κ3) is 2.72. The second-order valence-corrected chi connectivity index (χ2v) is 4.07. The van der Waals surface area contributed by atoms with E-state index >= 15 is 0 Å². The molecule has 0 unspecified atom stereocenters. The van der Waals surface area contributed by atoms with Gasteiger partial charge in [-0.15, -0.1) is 0 Å². The number of ether oxygens (including phenoxy) is 1. The van der Waals surface area contributed by atoms with E-state index in [2.05, 4.69) is 30.4 Å². The minimum Gasteiger partial charge on any atom is -0.492 e. The zero-order valence-electron chi connectivity index (χ0n) is 9.38. The van der Waals surface area contributed by atoms with E-state index in [-0.39, 0.29) is 0 Å². The predicted molar refractivity (Wildman–Crippen MR) is 62.3 cm³/mol. The van der Waals surface area contributed by atoms with Crippen molar-refractivity contribution >= 4 is 0 Å². The van der Waals surface area contributed by atoms with Crippen molar-refractivity contribution in [2.75, 3.05) is 13.2 Å². The summed E-state index contributed by atoms with van der Waals surface area (Å²) in [5.41, 5.74) is 2.74. The van der Waals surface area contributed by atoms with Crippen LogP contribution in [0.15, 0.2) is 18.2 Å². The summed E-state index contributed by atoms with van der Waals surface area (Å²) in [6.07, 6.45) is 3.71. The SMILES string of the molecule is CCCCc1ccc2c(c1)CNCCO2. The molecule has 2 nitrogen and oxygen atoms in total. The van der Waals surface area contributed by atoms with Gasteiger partial charge in [-0.25, -0.2) is 0 Å². The molecule has 1 N–H and O–H groups in total. The predicted octanol–water partition coefficient (Wildman–Crippen LogP) is 2.51. The lowest BCUT2D eigenvalue weighted by molar-refractivity contribution is 0.325. The molecule has 0 saturated carbocycles. The summed E-state index contributed by atoms with van der Waals surface area (Å²) in [5.74, 6) is 1.06. The monoisotopic (exact) mass is 205 g/mol. The quantitative estimate of drug-likeness (QED) is 0.818. The van der Waals surface area contributed by atoms with Gasteiger partial charge in [-0.05, 0) is 24.5 Å². The standard InChI is InChI=1S/C13H19NO/c1-2-3-4-11-5-6-13-12(9-11)10-14-7-8-15-13/h5-6,9,14H,2-4,7-8,10H2,1H3. The van der Waals surface area contributed by atoms with Gasteiger partial charge in [-0.1, -0.05) is 25.5 Å². The molecular weight excluding hydrogens is 186 g/mol. The van der Waals surface area contributed by atoms with E-state index in [4.69, 9.17) is 4.74 Å². The topological polar surface area (TPSA) is 21.3 Å². The molecule has 0 fully saturated rings. The van der Waals surface area contributed by atoms with E-state index in [0.717, 1.165) is 25.4 Å². The summed E-state index contributed by atoms with van der Waals surface area (Å²) in [4.78, 5) is 0. The van der Waals surface area contributed by atoms with Crippen LogP contribution in [0.2, 0.25) is 0 Å². The molecule has 1 aliphatic rings. The first-order chi connectivity index (χ1) is 7.40. The Morgan fingerprint density at radius 3 is 3.20 bits per heavy atom. The Morgan fingerprint density at radius 1 is 1.40 bits per heavy atom. The van der Waals surface area contributed by atoms with Crippen molar-refractivity contribution in [3.8, 4) is 5.75 Å². The van der Waals surface area contributed by atoms with E-state index < -0.39 is 0 Å². The Labute approximate surface area is 91.6 Å². The van der Waals surface area contributed by atoms with Crippen LogP contribution in [-0.2, 0) is 13.0 Å². The lowest BCUT2D eigenvalue weighted by atomic mass is 10.0. The van der Waals surface area contributed by atoms with Gasteiger partial charge in [0.05, 0.1) is 0 Å². The maximum absolute atomic E-state index is 5.65. The summed E-state index contributed by atoms with van der Waals surface area (Å²) >= 11 is 0. The molecule has 0 bridgehead atoms. The molecule has 0 amide bonds. The maximum atomic E-state index is 5.65. The van der Waals surface area contributed by atoms with E-state index in [0.29, 0.717) is 0 Å². The van der Waals surface area contributed by atoms with Crippen molar-refractivity contribution in [1.82, 2.24) is 5.32 Å². The molecule has 0 atom stereocenters. The average molecular weight is 205 g/mol. The highest BCUT2D eigenvalue weighted by Crippen LogP contribution is 2.22. The lowest BCUT2D eigenvalue weighted by Gasteiger charge is -2.08. The molecule has 0 aromatic heterocycles. The molecule has 2 heteroatoms. The summed E-state index contributed by atoms with van der Waals surface area (Å²) in [6, 6.07) is 6.59. The van der Waals surface area contributed by atoms with Gasteiger partial charge in [0, 0.05) is 18.7 Å². The highest BCUT2D eigenvalue weighted by atomic mass is 16.5. The fraction of sp³-hybridized carbons (Fsp3) is 0.538. The van der Waals surface area contributed by atoms with Gasteiger partial charge in [0.25, 0.3) is 0 Å². The van der Waals surface area contributed by atoms with Crippen LogP contribution in [0.1, 0.15) is 30.9 Å². The number of hydrogen-bond donors (Lipinski definition) is 1. The number of benzene rings is 1. The molecular formula is C13H19NO. The Kier molecular flexibility index (Phi) is 3.62. The third-order valence-corrected chi connectivity index (χ3v) is 2.80. The van der Waals surface area contributed by atoms with E-state index in [1.807, 2.05) is 0 Å². The largest absolute Gasteiger partial charge is 0.492 e. The van der Waals surface area contributed by atoms with Crippen LogP contribution < -0.4 is 10.1 Å². The number of unbranched alkanes of at least 4 members (excludes halogenated alkanes) is 1. The fourth-order valence-corrected chi connectivity index (χ4v) is 1.90. The summed E-state index contributed by atoms with van der Waals surface area (Å²) in [5, 5.41) is 3.36. The van der Waals surface area contributed by atoms with Crippen molar-refractivity contribution in [3.05, 3.63) is 29.3 Å². The summed E-state index contributed by atoms with van der Waals surface area (Å²) < 4.78 is 5.65. The maximum Gasteiger partial charge on any atom is 0.123 e.